The fourth-order valence-electron chi connectivity index (χ4n) is 2.40. The molecule has 1 amide bonds. The molecule has 1 aliphatic rings. The molecule has 1 aliphatic heterocycles. The van der Waals surface area contributed by atoms with Gasteiger partial charge in [0.05, 0.1) is 12.2 Å². The lowest BCUT2D eigenvalue weighted by atomic mass is 10.1. The molecule has 1 saturated heterocycles. The zero-order valence-corrected chi connectivity index (χ0v) is 12.6. The Morgan fingerprint density at radius 2 is 2.33 bits per heavy atom. The van der Waals surface area contributed by atoms with Crippen molar-refractivity contribution in [1.82, 2.24) is 24.9 Å². The van der Waals surface area contributed by atoms with Crippen molar-refractivity contribution in [3.63, 3.8) is 0 Å². The second-order valence-corrected chi connectivity index (χ2v) is 4.98. The number of piperidine rings is 1. The molecule has 2 aromatic rings. The molecule has 114 valence electrons. The minimum absolute atomic E-state index is 0. The molecule has 3 heterocycles. The lowest BCUT2D eigenvalue weighted by Crippen LogP contribution is -2.32. The number of aryl methyl sites for hydroxylation is 1. The molecule has 0 aromatic carbocycles. The summed E-state index contributed by atoms with van der Waals surface area (Å²) in [6.45, 7) is 1.97. The normalized spacial score (nSPS) is 18.0. The first-order valence-corrected chi connectivity index (χ1v) is 6.79. The number of amides is 1. The molecule has 8 heteroatoms. The molecule has 7 nitrogen and oxygen atoms in total. The number of nitrogens with zero attached hydrogens (tertiary/aromatic N) is 4. The first kappa shape index (κ1) is 15.5. The molecular formula is C13H19ClN6O. The Labute approximate surface area is 129 Å². The zero-order chi connectivity index (χ0) is 13.9. The van der Waals surface area contributed by atoms with E-state index in [1.165, 1.54) is 0 Å². The van der Waals surface area contributed by atoms with Gasteiger partial charge in [-0.05, 0) is 25.5 Å². The average Bonchev–Trinajstić information content (AvgIpc) is 3.10. The summed E-state index contributed by atoms with van der Waals surface area (Å²) in [6, 6.07) is 3.84. The topological polar surface area (TPSA) is 76.8 Å². The average molecular weight is 311 g/mol. The number of carbonyl (C=O) groups excluding carboxylic acids is 1. The van der Waals surface area contributed by atoms with Crippen molar-refractivity contribution >= 4 is 24.1 Å². The van der Waals surface area contributed by atoms with Gasteiger partial charge in [-0.1, -0.05) is 0 Å². The van der Waals surface area contributed by atoms with E-state index < -0.39 is 0 Å². The monoisotopic (exact) mass is 310 g/mol. The van der Waals surface area contributed by atoms with Crippen LogP contribution in [0.1, 0.15) is 29.4 Å². The van der Waals surface area contributed by atoms with Crippen LogP contribution in [0.2, 0.25) is 0 Å². The summed E-state index contributed by atoms with van der Waals surface area (Å²) in [5, 5.41) is 14.5. The Morgan fingerprint density at radius 3 is 3.00 bits per heavy atom. The molecule has 0 aliphatic carbocycles. The minimum Gasteiger partial charge on any atom is -0.315 e. The van der Waals surface area contributed by atoms with Crippen LogP contribution in [0, 0.1) is 0 Å². The van der Waals surface area contributed by atoms with Crippen LogP contribution in [0.5, 0.6) is 0 Å². The van der Waals surface area contributed by atoms with Crippen molar-refractivity contribution < 1.29 is 4.79 Å². The first-order valence-electron chi connectivity index (χ1n) is 6.79. The van der Waals surface area contributed by atoms with Crippen LogP contribution in [0.3, 0.4) is 0 Å². The van der Waals surface area contributed by atoms with Crippen molar-refractivity contribution in [2.45, 2.75) is 18.9 Å². The van der Waals surface area contributed by atoms with Gasteiger partial charge >= 0.3 is 0 Å². The largest absolute Gasteiger partial charge is 0.315 e. The third-order valence-corrected chi connectivity index (χ3v) is 3.55. The lowest BCUT2D eigenvalue weighted by molar-refractivity contribution is 0.102. The first-order chi connectivity index (χ1) is 9.74. The number of halogens is 1. The van der Waals surface area contributed by atoms with Crippen LogP contribution in [0.15, 0.2) is 24.5 Å². The molecule has 0 bridgehead atoms. The van der Waals surface area contributed by atoms with Gasteiger partial charge in [-0.3, -0.25) is 14.2 Å². The van der Waals surface area contributed by atoms with Gasteiger partial charge in [0.1, 0.15) is 5.82 Å². The summed E-state index contributed by atoms with van der Waals surface area (Å²) < 4.78 is 3.49. The fourth-order valence-corrected chi connectivity index (χ4v) is 2.40. The number of carbonyl (C=O) groups is 1. The quantitative estimate of drug-likeness (QED) is 0.893. The smallest absolute Gasteiger partial charge is 0.277 e. The van der Waals surface area contributed by atoms with Gasteiger partial charge < -0.3 is 10.6 Å². The van der Waals surface area contributed by atoms with Crippen LogP contribution in [-0.4, -0.2) is 38.6 Å². The summed E-state index contributed by atoms with van der Waals surface area (Å²) >= 11 is 0. The SMILES string of the molecule is Cl.Cn1nccc1NC(=O)c1ccn(C2CCCNC2)n1. The van der Waals surface area contributed by atoms with E-state index >= 15 is 0 Å². The number of hydrogen-bond acceptors (Lipinski definition) is 4. The van der Waals surface area contributed by atoms with Gasteiger partial charge in [-0.25, -0.2) is 0 Å². The van der Waals surface area contributed by atoms with E-state index in [1.807, 2.05) is 10.9 Å². The molecular weight excluding hydrogens is 292 g/mol. The Kier molecular flexibility index (Phi) is 4.98. The fraction of sp³-hybridized carbons (Fsp3) is 0.462. The van der Waals surface area contributed by atoms with Gasteiger partial charge in [0, 0.05) is 25.9 Å². The van der Waals surface area contributed by atoms with Crippen molar-refractivity contribution in [2.75, 3.05) is 18.4 Å². The highest BCUT2D eigenvalue weighted by Crippen LogP contribution is 2.16. The van der Waals surface area contributed by atoms with Crippen LogP contribution in [-0.2, 0) is 7.05 Å². The molecule has 2 aromatic heterocycles. The minimum atomic E-state index is -0.212. The maximum absolute atomic E-state index is 12.1. The summed E-state index contributed by atoms with van der Waals surface area (Å²) in [4.78, 5) is 12.1. The highest BCUT2D eigenvalue weighted by atomic mass is 35.5. The predicted octanol–water partition coefficient (Wildman–Crippen LogP) is 1.22. The number of hydrogen-bond donors (Lipinski definition) is 2. The van der Waals surface area contributed by atoms with E-state index in [1.54, 1.807) is 30.1 Å². The van der Waals surface area contributed by atoms with Gasteiger partial charge in [0.15, 0.2) is 5.69 Å². The van der Waals surface area contributed by atoms with Crippen LogP contribution in [0.4, 0.5) is 5.82 Å². The Morgan fingerprint density at radius 1 is 1.48 bits per heavy atom. The van der Waals surface area contributed by atoms with Crippen molar-refractivity contribution in [2.24, 2.45) is 7.05 Å². The number of rotatable bonds is 3. The zero-order valence-electron chi connectivity index (χ0n) is 11.8. The molecule has 0 spiro atoms. The molecule has 21 heavy (non-hydrogen) atoms. The Hall–Kier alpha value is -1.86. The summed E-state index contributed by atoms with van der Waals surface area (Å²) in [7, 11) is 1.78. The number of nitrogens with one attached hydrogen (secondary N) is 2. The molecule has 1 atom stereocenters. The van der Waals surface area contributed by atoms with Gasteiger partial charge in [-0.2, -0.15) is 10.2 Å². The third-order valence-electron chi connectivity index (χ3n) is 3.55. The summed E-state index contributed by atoms with van der Waals surface area (Å²) in [5.74, 6) is 0.444. The van der Waals surface area contributed by atoms with Crippen LogP contribution >= 0.6 is 12.4 Å². The molecule has 2 N–H and O–H groups in total. The highest BCUT2D eigenvalue weighted by Gasteiger charge is 2.18. The Balaban J connectivity index is 0.00000161. The van der Waals surface area contributed by atoms with Crippen LogP contribution < -0.4 is 10.6 Å². The molecule has 0 radical (unpaired) electrons. The summed E-state index contributed by atoms with van der Waals surface area (Å²) in [5.41, 5.74) is 0.428. The highest BCUT2D eigenvalue weighted by molar-refractivity contribution is 6.02. The third kappa shape index (κ3) is 3.43. The van der Waals surface area contributed by atoms with E-state index in [4.69, 9.17) is 0 Å². The predicted molar refractivity (Wildman–Crippen MR) is 81.8 cm³/mol. The van der Waals surface area contributed by atoms with Gasteiger partial charge in [0.25, 0.3) is 5.91 Å². The van der Waals surface area contributed by atoms with Crippen LogP contribution in [0.25, 0.3) is 0 Å². The standard InChI is InChI=1S/C13H18N6O.ClH/c1-18-12(4-7-15-18)16-13(20)11-5-8-19(17-11)10-3-2-6-14-9-10;/h4-5,7-8,10,14H,2-3,6,9H2,1H3,(H,16,20);1H. The molecule has 1 fully saturated rings. The van der Waals surface area contributed by atoms with E-state index in [0.717, 1.165) is 25.9 Å². The maximum Gasteiger partial charge on any atom is 0.277 e. The van der Waals surface area contributed by atoms with Crippen molar-refractivity contribution in [3.05, 3.63) is 30.2 Å². The Bertz CT molecular complexity index is 601. The van der Waals surface area contributed by atoms with E-state index in [0.29, 0.717) is 17.6 Å². The number of anilines is 1. The summed E-state index contributed by atoms with van der Waals surface area (Å²) in [6.07, 6.45) is 5.75. The maximum atomic E-state index is 12.1. The van der Waals surface area contributed by atoms with Crippen molar-refractivity contribution in [3.8, 4) is 0 Å². The molecule has 3 rings (SSSR count). The van der Waals surface area contributed by atoms with E-state index in [9.17, 15) is 4.79 Å². The second-order valence-electron chi connectivity index (χ2n) is 4.98. The number of aromatic nitrogens is 4. The van der Waals surface area contributed by atoms with Gasteiger partial charge in [0.2, 0.25) is 0 Å². The van der Waals surface area contributed by atoms with E-state index in [-0.39, 0.29) is 18.3 Å². The molecule has 0 saturated carbocycles. The van der Waals surface area contributed by atoms with Crippen molar-refractivity contribution in [1.29, 1.82) is 0 Å². The lowest BCUT2D eigenvalue weighted by Gasteiger charge is -2.22. The molecule has 1 unspecified atom stereocenters. The second kappa shape index (κ2) is 6.73. The van der Waals surface area contributed by atoms with E-state index in [2.05, 4.69) is 20.8 Å². The van der Waals surface area contributed by atoms with Gasteiger partial charge in [-0.15, -0.1) is 12.4 Å².